The summed E-state index contributed by atoms with van der Waals surface area (Å²) in [4.78, 5) is 0. The molecule has 2 nitrogen and oxygen atoms in total. The van der Waals surface area contributed by atoms with Crippen molar-refractivity contribution in [3.63, 3.8) is 0 Å². The van der Waals surface area contributed by atoms with Gasteiger partial charge in [-0.25, -0.2) is 0 Å². The summed E-state index contributed by atoms with van der Waals surface area (Å²) in [5.41, 5.74) is 0. The van der Waals surface area contributed by atoms with Crippen LogP contribution in [0.15, 0.2) is 22.8 Å². The Morgan fingerprint density at radius 2 is 2.36 bits per heavy atom. The number of hydrogen-bond donors (Lipinski definition) is 1. The van der Waals surface area contributed by atoms with Gasteiger partial charge in [-0.15, -0.1) is 0 Å². The van der Waals surface area contributed by atoms with E-state index in [1.807, 2.05) is 23.9 Å². The van der Waals surface area contributed by atoms with Gasteiger partial charge in [0, 0.05) is 5.75 Å². The standard InChI is InChI=1S/C11H19NOS/c1-3-7-12-10(9-14-4-2)11-6-5-8-13-11/h5-6,8,10,12H,3-4,7,9H2,1-2H3. The van der Waals surface area contributed by atoms with Crippen molar-refractivity contribution >= 4 is 11.8 Å². The van der Waals surface area contributed by atoms with E-state index in [1.54, 1.807) is 6.26 Å². The predicted molar refractivity (Wildman–Crippen MR) is 62.7 cm³/mol. The Morgan fingerprint density at radius 1 is 1.50 bits per heavy atom. The third kappa shape index (κ3) is 3.76. The first-order valence-electron chi connectivity index (χ1n) is 5.23. The Morgan fingerprint density at radius 3 is 2.93 bits per heavy atom. The second-order valence-corrected chi connectivity index (χ2v) is 4.50. The topological polar surface area (TPSA) is 25.2 Å². The monoisotopic (exact) mass is 213 g/mol. The van der Waals surface area contributed by atoms with E-state index in [1.165, 1.54) is 0 Å². The molecule has 1 unspecified atom stereocenters. The van der Waals surface area contributed by atoms with E-state index in [0.29, 0.717) is 6.04 Å². The average Bonchev–Trinajstić information content (AvgIpc) is 2.71. The van der Waals surface area contributed by atoms with E-state index in [4.69, 9.17) is 4.42 Å². The van der Waals surface area contributed by atoms with Crippen LogP contribution in [0.2, 0.25) is 0 Å². The molecule has 1 atom stereocenters. The summed E-state index contributed by atoms with van der Waals surface area (Å²) in [5, 5.41) is 3.49. The number of nitrogens with one attached hydrogen (secondary N) is 1. The van der Waals surface area contributed by atoms with E-state index in [-0.39, 0.29) is 0 Å². The minimum Gasteiger partial charge on any atom is -0.468 e. The number of hydrogen-bond acceptors (Lipinski definition) is 3. The van der Waals surface area contributed by atoms with Crippen molar-refractivity contribution in [1.29, 1.82) is 0 Å². The van der Waals surface area contributed by atoms with Crippen LogP contribution >= 0.6 is 11.8 Å². The highest BCUT2D eigenvalue weighted by Crippen LogP contribution is 2.18. The van der Waals surface area contributed by atoms with Gasteiger partial charge >= 0.3 is 0 Å². The molecule has 0 saturated heterocycles. The van der Waals surface area contributed by atoms with Crippen molar-refractivity contribution in [3.8, 4) is 0 Å². The van der Waals surface area contributed by atoms with Crippen LogP contribution in [0.5, 0.6) is 0 Å². The van der Waals surface area contributed by atoms with E-state index in [2.05, 4.69) is 19.2 Å². The lowest BCUT2D eigenvalue weighted by Gasteiger charge is -2.15. The molecule has 0 fully saturated rings. The summed E-state index contributed by atoms with van der Waals surface area (Å²) >= 11 is 1.94. The molecule has 0 aliphatic heterocycles. The lowest BCUT2D eigenvalue weighted by Crippen LogP contribution is -2.23. The first-order valence-corrected chi connectivity index (χ1v) is 6.38. The Bertz CT molecular complexity index is 215. The fourth-order valence-corrected chi connectivity index (χ4v) is 2.04. The van der Waals surface area contributed by atoms with Gasteiger partial charge in [0.1, 0.15) is 5.76 Å². The molecule has 1 aromatic heterocycles. The fourth-order valence-electron chi connectivity index (χ4n) is 1.29. The van der Waals surface area contributed by atoms with Gasteiger partial charge in [-0.05, 0) is 30.9 Å². The summed E-state index contributed by atoms with van der Waals surface area (Å²) < 4.78 is 5.41. The van der Waals surface area contributed by atoms with Crippen LogP contribution < -0.4 is 5.32 Å². The van der Waals surface area contributed by atoms with Crippen LogP contribution in [0.1, 0.15) is 32.1 Å². The zero-order chi connectivity index (χ0) is 10.2. The van der Waals surface area contributed by atoms with Crippen LogP contribution in [-0.4, -0.2) is 18.1 Å². The van der Waals surface area contributed by atoms with Crippen LogP contribution in [0.3, 0.4) is 0 Å². The molecule has 0 aliphatic carbocycles. The first kappa shape index (κ1) is 11.7. The van der Waals surface area contributed by atoms with E-state index in [0.717, 1.165) is 30.2 Å². The summed E-state index contributed by atoms with van der Waals surface area (Å²) in [6.45, 7) is 5.42. The molecule has 1 N–H and O–H groups in total. The first-order chi connectivity index (χ1) is 6.88. The van der Waals surface area contributed by atoms with Crippen LogP contribution in [0.25, 0.3) is 0 Å². The van der Waals surface area contributed by atoms with Crippen LogP contribution in [0, 0.1) is 0 Å². The normalized spacial score (nSPS) is 13.0. The van der Waals surface area contributed by atoms with Crippen LogP contribution in [-0.2, 0) is 0 Å². The fraction of sp³-hybridized carbons (Fsp3) is 0.636. The van der Waals surface area contributed by atoms with Gasteiger partial charge in [-0.3, -0.25) is 0 Å². The second kappa shape index (κ2) is 6.96. The molecule has 1 aromatic rings. The molecule has 0 amide bonds. The maximum atomic E-state index is 5.41. The summed E-state index contributed by atoms with van der Waals surface area (Å²) in [6, 6.07) is 4.37. The van der Waals surface area contributed by atoms with E-state index in [9.17, 15) is 0 Å². The SMILES string of the molecule is CCCNC(CSCC)c1ccco1. The van der Waals surface area contributed by atoms with Gasteiger partial charge in [0.25, 0.3) is 0 Å². The van der Waals surface area contributed by atoms with Gasteiger partial charge in [0.05, 0.1) is 12.3 Å². The average molecular weight is 213 g/mol. The highest BCUT2D eigenvalue weighted by Gasteiger charge is 2.12. The van der Waals surface area contributed by atoms with E-state index >= 15 is 0 Å². The van der Waals surface area contributed by atoms with E-state index < -0.39 is 0 Å². The molecular formula is C11H19NOS. The van der Waals surface area contributed by atoms with Crippen molar-refractivity contribution in [2.75, 3.05) is 18.1 Å². The Labute approximate surface area is 90.5 Å². The number of furan rings is 1. The Kier molecular flexibility index (Phi) is 5.80. The van der Waals surface area contributed by atoms with Gasteiger partial charge in [-0.1, -0.05) is 13.8 Å². The molecule has 1 rings (SSSR count). The van der Waals surface area contributed by atoms with Crippen LogP contribution in [0.4, 0.5) is 0 Å². The minimum absolute atomic E-state index is 0.370. The van der Waals surface area contributed by atoms with Crippen molar-refractivity contribution in [3.05, 3.63) is 24.2 Å². The smallest absolute Gasteiger partial charge is 0.121 e. The zero-order valence-electron chi connectivity index (χ0n) is 8.95. The highest BCUT2D eigenvalue weighted by atomic mass is 32.2. The number of rotatable bonds is 7. The molecular weight excluding hydrogens is 194 g/mol. The highest BCUT2D eigenvalue weighted by molar-refractivity contribution is 7.99. The van der Waals surface area contributed by atoms with Gasteiger partial charge in [0.2, 0.25) is 0 Å². The lowest BCUT2D eigenvalue weighted by molar-refractivity contribution is 0.435. The van der Waals surface area contributed by atoms with Crippen molar-refractivity contribution in [2.45, 2.75) is 26.3 Å². The molecule has 0 saturated carbocycles. The molecule has 0 aromatic carbocycles. The zero-order valence-corrected chi connectivity index (χ0v) is 9.77. The molecule has 1 heterocycles. The molecule has 0 aliphatic rings. The predicted octanol–water partition coefficient (Wildman–Crippen LogP) is 3.07. The minimum atomic E-state index is 0.370. The summed E-state index contributed by atoms with van der Waals surface area (Å²) in [5.74, 6) is 3.30. The van der Waals surface area contributed by atoms with Gasteiger partial charge in [-0.2, -0.15) is 11.8 Å². The van der Waals surface area contributed by atoms with Gasteiger partial charge < -0.3 is 9.73 Å². The molecule has 14 heavy (non-hydrogen) atoms. The molecule has 0 bridgehead atoms. The molecule has 0 spiro atoms. The Balaban J connectivity index is 2.44. The van der Waals surface area contributed by atoms with Crippen molar-refractivity contribution < 1.29 is 4.42 Å². The summed E-state index contributed by atoms with van der Waals surface area (Å²) in [6.07, 6.45) is 2.90. The summed E-state index contributed by atoms with van der Waals surface area (Å²) in [7, 11) is 0. The largest absolute Gasteiger partial charge is 0.468 e. The maximum absolute atomic E-state index is 5.41. The van der Waals surface area contributed by atoms with Crippen molar-refractivity contribution in [1.82, 2.24) is 5.32 Å². The molecule has 80 valence electrons. The number of thioether (sulfide) groups is 1. The van der Waals surface area contributed by atoms with Crippen molar-refractivity contribution in [2.24, 2.45) is 0 Å². The molecule has 0 radical (unpaired) electrons. The lowest BCUT2D eigenvalue weighted by atomic mass is 10.2. The van der Waals surface area contributed by atoms with Gasteiger partial charge in [0.15, 0.2) is 0 Å². The third-order valence-electron chi connectivity index (χ3n) is 2.02. The quantitative estimate of drug-likeness (QED) is 0.753. The second-order valence-electron chi connectivity index (χ2n) is 3.18. The molecule has 3 heteroatoms. The Hall–Kier alpha value is -0.410. The maximum Gasteiger partial charge on any atom is 0.121 e. The third-order valence-corrected chi connectivity index (χ3v) is 2.99.